The van der Waals surface area contributed by atoms with Gasteiger partial charge in [-0.05, 0) is 61.4 Å². The third kappa shape index (κ3) is 4.67. The van der Waals surface area contributed by atoms with Crippen LogP contribution < -0.4 is 5.32 Å². The molecule has 0 unspecified atom stereocenters. The molecule has 6 heteroatoms. The van der Waals surface area contributed by atoms with E-state index in [1.54, 1.807) is 12.1 Å². The van der Waals surface area contributed by atoms with E-state index >= 15 is 0 Å². The van der Waals surface area contributed by atoms with Crippen LogP contribution in [0.25, 0.3) is 11.5 Å². The first-order valence-corrected chi connectivity index (χ1v) is 10.4. The zero-order valence-electron chi connectivity index (χ0n) is 16.3. The lowest BCUT2D eigenvalue weighted by molar-refractivity contribution is -0.126. The molecule has 1 heterocycles. The van der Waals surface area contributed by atoms with Gasteiger partial charge in [0.2, 0.25) is 17.7 Å². The topological polar surface area (TPSA) is 68.0 Å². The maximum atomic E-state index is 13.0. The summed E-state index contributed by atoms with van der Waals surface area (Å²) in [7, 11) is 0. The predicted molar refractivity (Wildman–Crippen MR) is 112 cm³/mol. The molecule has 150 valence electrons. The lowest BCUT2D eigenvalue weighted by Crippen LogP contribution is -2.36. The highest BCUT2D eigenvalue weighted by molar-refractivity contribution is 6.30. The van der Waals surface area contributed by atoms with Crippen LogP contribution in [0.3, 0.4) is 0 Å². The third-order valence-corrected chi connectivity index (χ3v) is 5.84. The molecule has 1 amide bonds. The van der Waals surface area contributed by atoms with Gasteiger partial charge in [-0.2, -0.15) is 0 Å². The Morgan fingerprint density at radius 2 is 1.72 bits per heavy atom. The van der Waals surface area contributed by atoms with E-state index in [1.807, 2.05) is 42.5 Å². The van der Waals surface area contributed by atoms with Crippen LogP contribution in [0.15, 0.2) is 59.0 Å². The van der Waals surface area contributed by atoms with Crippen molar-refractivity contribution in [2.75, 3.05) is 0 Å². The van der Waals surface area contributed by atoms with Crippen LogP contribution in [0.5, 0.6) is 0 Å². The van der Waals surface area contributed by atoms with Crippen LogP contribution in [-0.4, -0.2) is 16.1 Å². The minimum atomic E-state index is -0.510. The van der Waals surface area contributed by atoms with Crippen molar-refractivity contribution in [3.05, 3.63) is 71.1 Å². The van der Waals surface area contributed by atoms with Gasteiger partial charge in [0.05, 0.1) is 0 Å². The Labute approximate surface area is 175 Å². The monoisotopic (exact) mass is 409 g/mol. The van der Waals surface area contributed by atoms with Crippen molar-refractivity contribution in [2.45, 2.75) is 38.6 Å². The number of nitrogens with zero attached hydrogens (tertiary/aromatic N) is 2. The van der Waals surface area contributed by atoms with Crippen molar-refractivity contribution in [3.63, 3.8) is 0 Å². The number of aromatic nitrogens is 2. The minimum Gasteiger partial charge on any atom is -0.418 e. The lowest BCUT2D eigenvalue weighted by Gasteiger charge is -2.27. The quantitative estimate of drug-likeness (QED) is 0.610. The molecule has 0 saturated heterocycles. The molecule has 3 aromatic rings. The SMILES string of the molecule is CC1CCC(C(=O)N[C@@H](c2ccc(Cl)cc2)c2nnc(-c3ccccc3)o2)CC1. The van der Waals surface area contributed by atoms with Crippen LogP contribution in [0.4, 0.5) is 0 Å². The lowest BCUT2D eigenvalue weighted by atomic mass is 9.82. The summed E-state index contributed by atoms with van der Waals surface area (Å²) in [5, 5.41) is 12.2. The molecule has 2 aromatic carbocycles. The molecule has 1 atom stereocenters. The fourth-order valence-corrected chi connectivity index (χ4v) is 3.90. The summed E-state index contributed by atoms with van der Waals surface area (Å²) < 4.78 is 5.95. The predicted octanol–water partition coefficient (Wildman–Crippen LogP) is 5.42. The summed E-state index contributed by atoms with van der Waals surface area (Å²) in [6.07, 6.45) is 4.00. The Balaban J connectivity index is 1.60. The molecule has 1 N–H and O–H groups in total. The van der Waals surface area contributed by atoms with Gasteiger partial charge in [-0.3, -0.25) is 4.79 Å². The average Bonchev–Trinajstić information content (AvgIpc) is 3.24. The Kier molecular flexibility index (Phi) is 5.95. The number of hydrogen-bond donors (Lipinski definition) is 1. The number of carbonyl (C=O) groups is 1. The van der Waals surface area contributed by atoms with Gasteiger partial charge in [0.1, 0.15) is 6.04 Å². The highest BCUT2D eigenvalue weighted by Gasteiger charge is 2.29. The zero-order valence-corrected chi connectivity index (χ0v) is 17.1. The highest BCUT2D eigenvalue weighted by Crippen LogP contribution is 2.31. The smallest absolute Gasteiger partial charge is 0.247 e. The largest absolute Gasteiger partial charge is 0.418 e. The van der Waals surface area contributed by atoms with E-state index in [2.05, 4.69) is 22.4 Å². The molecule has 0 bridgehead atoms. The van der Waals surface area contributed by atoms with E-state index in [1.165, 1.54) is 0 Å². The van der Waals surface area contributed by atoms with Gasteiger partial charge in [0.15, 0.2) is 0 Å². The number of carbonyl (C=O) groups excluding carboxylic acids is 1. The fourth-order valence-electron chi connectivity index (χ4n) is 3.77. The van der Waals surface area contributed by atoms with Crippen molar-refractivity contribution in [1.82, 2.24) is 15.5 Å². The molecule has 0 radical (unpaired) electrons. The molecule has 5 nitrogen and oxygen atoms in total. The summed E-state index contributed by atoms with van der Waals surface area (Å²) in [6.45, 7) is 2.24. The van der Waals surface area contributed by atoms with Crippen LogP contribution in [0, 0.1) is 11.8 Å². The second-order valence-corrected chi connectivity index (χ2v) is 8.20. The van der Waals surface area contributed by atoms with Crippen molar-refractivity contribution >= 4 is 17.5 Å². The third-order valence-electron chi connectivity index (χ3n) is 5.58. The number of rotatable bonds is 5. The second-order valence-electron chi connectivity index (χ2n) is 7.76. The van der Waals surface area contributed by atoms with Crippen molar-refractivity contribution in [3.8, 4) is 11.5 Å². The molecule has 1 saturated carbocycles. The fraction of sp³-hybridized carbons (Fsp3) is 0.348. The molecule has 0 aliphatic heterocycles. The summed E-state index contributed by atoms with van der Waals surface area (Å²) in [4.78, 5) is 13.0. The zero-order chi connectivity index (χ0) is 20.2. The summed E-state index contributed by atoms with van der Waals surface area (Å²) in [5.41, 5.74) is 1.70. The van der Waals surface area contributed by atoms with Crippen LogP contribution in [0.2, 0.25) is 5.02 Å². The number of amides is 1. The van der Waals surface area contributed by atoms with Gasteiger partial charge in [-0.15, -0.1) is 10.2 Å². The Morgan fingerprint density at radius 3 is 2.41 bits per heavy atom. The maximum absolute atomic E-state index is 13.0. The average molecular weight is 410 g/mol. The van der Waals surface area contributed by atoms with Gasteiger partial charge in [-0.25, -0.2) is 0 Å². The van der Waals surface area contributed by atoms with Gasteiger partial charge >= 0.3 is 0 Å². The highest BCUT2D eigenvalue weighted by atomic mass is 35.5. The summed E-state index contributed by atoms with van der Waals surface area (Å²) in [5.74, 6) is 1.55. The molecule has 1 aliphatic rings. The van der Waals surface area contributed by atoms with Crippen molar-refractivity contribution in [2.24, 2.45) is 11.8 Å². The Morgan fingerprint density at radius 1 is 1.03 bits per heavy atom. The molecule has 1 fully saturated rings. The van der Waals surface area contributed by atoms with E-state index in [9.17, 15) is 4.79 Å². The van der Waals surface area contributed by atoms with Crippen molar-refractivity contribution < 1.29 is 9.21 Å². The molecule has 29 heavy (non-hydrogen) atoms. The number of nitrogens with one attached hydrogen (secondary N) is 1. The molecule has 4 rings (SSSR count). The first-order chi connectivity index (χ1) is 14.1. The van der Waals surface area contributed by atoms with E-state index < -0.39 is 6.04 Å². The van der Waals surface area contributed by atoms with E-state index in [0.29, 0.717) is 22.7 Å². The van der Waals surface area contributed by atoms with Gasteiger partial charge in [0.25, 0.3) is 0 Å². The number of hydrogen-bond acceptors (Lipinski definition) is 4. The van der Waals surface area contributed by atoms with Gasteiger partial charge < -0.3 is 9.73 Å². The summed E-state index contributed by atoms with van der Waals surface area (Å²) in [6, 6.07) is 16.4. The molecule has 0 spiro atoms. The first kappa shape index (κ1) is 19.6. The Bertz CT molecular complexity index is 948. The van der Waals surface area contributed by atoms with E-state index in [4.69, 9.17) is 16.0 Å². The minimum absolute atomic E-state index is 0.0255. The van der Waals surface area contributed by atoms with Crippen molar-refractivity contribution in [1.29, 1.82) is 0 Å². The maximum Gasteiger partial charge on any atom is 0.247 e. The molecular formula is C23H24ClN3O2. The first-order valence-electron chi connectivity index (χ1n) is 10.0. The van der Waals surface area contributed by atoms with Crippen LogP contribution in [0.1, 0.15) is 50.1 Å². The summed E-state index contributed by atoms with van der Waals surface area (Å²) >= 11 is 6.05. The van der Waals surface area contributed by atoms with E-state index in [0.717, 1.165) is 36.8 Å². The van der Waals surface area contributed by atoms with Gasteiger partial charge in [0, 0.05) is 16.5 Å². The molecular weight excluding hydrogens is 386 g/mol. The van der Waals surface area contributed by atoms with E-state index in [-0.39, 0.29) is 11.8 Å². The van der Waals surface area contributed by atoms with Crippen LogP contribution in [-0.2, 0) is 4.79 Å². The number of benzene rings is 2. The normalized spacial score (nSPS) is 20.2. The molecule has 1 aromatic heterocycles. The Hall–Kier alpha value is -2.66. The number of halogens is 1. The van der Waals surface area contributed by atoms with Gasteiger partial charge in [-0.1, -0.05) is 48.9 Å². The second kappa shape index (κ2) is 8.78. The van der Waals surface area contributed by atoms with Crippen LogP contribution >= 0.6 is 11.6 Å². The molecule has 1 aliphatic carbocycles. The standard InChI is InChI=1S/C23H24ClN3O2/c1-15-7-9-17(10-8-15)21(28)25-20(16-11-13-19(24)14-12-16)23-27-26-22(29-23)18-5-3-2-4-6-18/h2-6,11-15,17,20H,7-10H2,1H3,(H,25,28)/t15?,17?,20-/m0/s1.